The molecule has 0 aromatic rings. The summed E-state index contributed by atoms with van der Waals surface area (Å²) in [5, 5.41) is 38.5. The summed E-state index contributed by atoms with van der Waals surface area (Å²) in [6.07, 6.45) is 7.62. The summed E-state index contributed by atoms with van der Waals surface area (Å²) < 4.78 is 10.5. The molecular weight excluding hydrogens is 424 g/mol. The first-order chi connectivity index (χ1) is 15.4. The van der Waals surface area contributed by atoms with E-state index in [-0.39, 0.29) is 12.0 Å². The second-order valence-electron chi connectivity index (χ2n) is 9.55. The number of carboxylic acid groups (broad SMARTS) is 1. The van der Waals surface area contributed by atoms with Gasteiger partial charge in [-0.3, -0.25) is 0 Å². The maximum absolute atomic E-state index is 11.1. The fraction of sp³-hybridized carbons (Fsp3) is 0.577. The molecule has 7 nitrogen and oxygen atoms in total. The van der Waals surface area contributed by atoms with Crippen LogP contribution in [0.15, 0.2) is 58.7 Å². The van der Waals surface area contributed by atoms with E-state index in [9.17, 15) is 20.1 Å². The Bertz CT molecular complexity index is 847. The molecule has 1 saturated heterocycles. The number of aliphatic carboxylic acids is 1. The number of aliphatic hydroxyl groups is 3. The van der Waals surface area contributed by atoms with Crippen molar-refractivity contribution in [1.29, 1.82) is 0 Å². The van der Waals surface area contributed by atoms with Crippen LogP contribution in [0.2, 0.25) is 0 Å². The van der Waals surface area contributed by atoms with Crippen molar-refractivity contribution in [2.24, 2.45) is 5.41 Å². The van der Waals surface area contributed by atoms with Gasteiger partial charge in [-0.2, -0.15) is 0 Å². The van der Waals surface area contributed by atoms with Crippen LogP contribution in [0.1, 0.15) is 53.9 Å². The lowest BCUT2D eigenvalue weighted by Crippen LogP contribution is -2.60. The zero-order valence-corrected chi connectivity index (χ0v) is 20.2. The topological polar surface area (TPSA) is 116 Å². The van der Waals surface area contributed by atoms with E-state index >= 15 is 0 Å². The standard InChI is InChI=1S/C26H38O7/c1-16(11-12-19-18(3)10-7-14-26(19,4)5)8-6-9-17(2)13-15-32-25-22(29)20(27)21(28)23(33-25)24(30)31/h6,8-9,11-13,20-23,25,27-29H,7,10,14-15H2,1-5H3,(H,30,31)/b9-6+,12-11+,16-8+,17-13-/t20-,21-,22+,23-,25+/m0/s1. The predicted octanol–water partition coefficient (Wildman–Crippen LogP) is 3.43. The molecule has 0 spiro atoms. The minimum absolute atomic E-state index is 0.0398. The number of hydrogen-bond acceptors (Lipinski definition) is 6. The minimum atomic E-state index is -1.73. The molecule has 33 heavy (non-hydrogen) atoms. The van der Waals surface area contributed by atoms with Gasteiger partial charge in [-0.25, -0.2) is 4.79 Å². The maximum Gasteiger partial charge on any atom is 0.335 e. The fourth-order valence-corrected chi connectivity index (χ4v) is 4.16. The van der Waals surface area contributed by atoms with Crippen molar-refractivity contribution in [3.63, 3.8) is 0 Å². The van der Waals surface area contributed by atoms with E-state index in [1.165, 1.54) is 24.0 Å². The fourth-order valence-electron chi connectivity index (χ4n) is 4.16. The highest BCUT2D eigenvalue weighted by Gasteiger charge is 2.47. The van der Waals surface area contributed by atoms with Gasteiger partial charge in [-0.05, 0) is 51.0 Å². The summed E-state index contributed by atoms with van der Waals surface area (Å²) in [5.41, 5.74) is 5.13. The molecule has 5 atom stereocenters. The number of allylic oxidation sites excluding steroid dienone is 9. The Morgan fingerprint density at radius 1 is 1.12 bits per heavy atom. The Balaban J connectivity index is 1.90. The third-order valence-corrected chi connectivity index (χ3v) is 6.25. The Morgan fingerprint density at radius 2 is 1.82 bits per heavy atom. The van der Waals surface area contributed by atoms with Crippen molar-refractivity contribution >= 4 is 5.97 Å². The molecule has 0 bridgehead atoms. The molecule has 184 valence electrons. The van der Waals surface area contributed by atoms with Gasteiger partial charge in [0.25, 0.3) is 0 Å². The van der Waals surface area contributed by atoms with E-state index in [1.54, 1.807) is 6.08 Å². The van der Waals surface area contributed by atoms with Crippen molar-refractivity contribution in [2.75, 3.05) is 6.61 Å². The number of hydrogen-bond donors (Lipinski definition) is 4. The van der Waals surface area contributed by atoms with Gasteiger partial charge in [0, 0.05) is 0 Å². The number of carbonyl (C=O) groups is 1. The first kappa shape index (κ1) is 27.2. The first-order valence-electron chi connectivity index (χ1n) is 11.4. The maximum atomic E-state index is 11.1. The van der Waals surface area contributed by atoms with Crippen LogP contribution >= 0.6 is 0 Å². The van der Waals surface area contributed by atoms with E-state index in [0.717, 1.165) is 17.6 Å². The molecule has 0 unspecified atom stereocenters. The zero-order valence-electron chi connectivity index (χ0n) is 20.2. The van der Waals surface area contributed by atoms with Crippen LogP contribution in [0.4, 0.5) is 0 Å². The smallest absolute Gasteiger partial charge is 0.335 e. The molecular formula is C26H38O7. The van der Waals surface area contributed by atoms with Crippen molar-refractivity contribution < 1.29 is 34.7 Å². The monoisotopic (exact) mass is 462 g/mol. The van der Waals surface area contributed by atoms with E-state index in [4.69, 9.17) is 14.6 Å². The molecule has 4 N–H and O–H groups in total. The highest BCUT2D eigenvalue weighted by Crippen LogP contribution is 2.40. The zero-order chi connectivity index (χ0) is 24.8. The first-order valence-corrected chi connectivity index (χ1v) is 11.4. The van der Waals surface area contributed by atoms with Gasteiger partial charge in [-0.15, -0.1) is 0 Å². The molecule has 1 heterocycles. The predicted molar refractivity (Wildman–Crippen MR) is 126 cm³/mol. The summed E-state index contributed by atoms with van der Waals surface area (Å²) in [4.78, 5) is 11.1. The highest BCUT2D eigenvalue weighted by atomic mass is 16.7. The molecule has 0 aromatic carbocycles. The molecule has 0 aromatic heterocycles. The summed E-state index contributed by atoms with van der Waals surface area (Å²) >= 11 is 0. The van der Waals surface area contributed by atoms with Gasteiger partial charge in [0.2, 0.25) is 0 Å². The van der Waals surface area contributed by atoms with Crippen LogP contribution < -0.4 is 0 Å². The Hall–Kier alpha value is -2.03. The van der Waals surface area contributed by atoms with Crippen molar-refractivity contribution in [1.82, 2.24) is 0 Å². The van der Waals surface area contributed by atoms with Gasteiger partial charge >= 0.3 is 5.97 Å². The lowest BCUT2D eigenvalue weighted by molar-refractivity contribution is -0.291. The van der Waals surface area contributed by atoms with Gasteiger partial charge in [0.15, 0.2) is 12.4 Å². The van der Waals surface area contributed by atoms with Crippen molar-refractivity contribution in [2.45, 2.75) is 84.6 Å². The molecule has 1 aliphatic heterocycles. The highest BCUT2D eigenvalue weighted by molar-refractivity contribution is 5.73. The number of aliphatic hydroxyl groups excluding tert-OH is 3. The second kappa shape index (κ2) is 11.9. The van der Waals surface area contributed by atoms with E-state index in [0.29, 0.717) is 0 Å². The van der Waals surface area contributed by atoms with Crippen molar-refractivity contribution in [3.8, 4) is 0 Å². The quantitative estimate of drug-likeness (QED) is 0.408. The average Bonchev–Trinajstić information content (AvgIpc) is 2.72. The molecule has 1 aliphatic carbocycles. The summed E-state index contributed by atoms with van der Waals surface area (Å²) in [5.74, 6) is -1.44. The summed E-state index contributed by atoms with van der Waals surface area (Å²) in [6, 6.07) is 0. The molecule has 2 rings (SSSR count). The summed E-state index contributed by atoms with van der Waals surface area (Å²) in [6.45, 7) is 10.8. The SMILES string of the molecule is CC1=C(/C=C/C(C)=C/C=C/C(C)=C\CO[C@@H]2O[C@H](C(=O)O)[C@@H](O)[C@H](O)[C@H]2O)C(C)(C)CCC1. The molecule has 0 radical (unpaired) electrons. The largest absolute Gasteiger partial charge is 0.479 e. The molecule has 0 amide bonds. The molecule has 2 aliphatic rings. The minimum Gasteiger partial charge on any atom is -0.479 e. The molecule has 1 fully saturated rings. The molecule has 7 heteroatoms. The second-order valence-corrected chi connectivity index (χ2v) is 9.55. The van der Waals surface area contributed by atoms with Crippen LogP contribution in [0.25, 0.3) is 0 Å². The van der Waals surface area contributed by atoms with Gasteiger partial charge in [-0.1, -0.05) is 67.0 Å². The lowest BCUT2D eigenvalue weighted by Gasteiger charge is -2.38. The van der Waals surface area contributed by atoms with Crippen LogP contribution in [0.3, 0.4) is 0 Å². The van der Waals surface area contributed by atoms with Crippen LogP contribution in [0, 0.1) is 5.41 Å². The lowest BCUT2D eigenvalue weighted by atomic mass is 9.72. The van der Waals surface area contributed by atoms with Gasteiger partial charge < -0.3 is 29.9 Å². The summed E-state index contributed by atoms with van der Waals surface area (Å²) in [7, 11) is 0. The number of ether oxygens (including phenoxy) is 2. The Kier molecular flexibility index (Phi) is 9.82. The third-order valence-electron chi connectivity index (χ3n) is 6.25. The van der Waals surface area contributed by atoms with E-state index in [1.807, 2.05) is 25.2 Å². The van der Waals surface area contributed by atoms with E-state index in [2.05, 4.69) is 39.8 Å². The molecule has 0 saturated carbocycles. The average molecular weight is 463 g/mol. The van der Waals surface area contributed by atoms with Gasteiger partial charge in [0.05, 0.1) is 6.61 Å². The van der Waals surface area contributed by atoms with Crippen LogP contribution in [0.5, 0.6) is 0 Å². The third kappa shape index (κ3) is 7.48. The normalized spacial score (nSPS) is 31.6. The van der Waals surface area contributed by atoms with Crippen LogP contribution in [-0.4, -0.2) is 63.7 Å². The number of carboxylic acids is 1. The van der Waals surface area contributed by atoms with Crippen molar-refractivity contribution in [3.05, 3.63) is 58.7 Å². The van der Waals surface area contributed by atoms with Gasteiger partial charge in [0.1, 0.15) is 18.3 Å². The Labute approximate surface area is 196 Å². The Morgan fingerprint density at radius 3 is 2.45 bits per heavy atom. The van der Waals surface area contributed by atoms with E-state index < -0.39 is 36.7 Å². The van der Waals surface area contributed by atoms with Crippen LogP contribution in [-0.2, 0) is 14.3 Å². The number of rotatable bonds is 8.